The van der Waals surface area contributed by atoms with Gasteiger partial charge >= 0.3 is 16.3 Å². The molecule has 0 unspecified atom stereocenters. The van der Waals surface area contributed by atoms with Gasteiger partial charge in [-0.25, -0.2) is 4.68 Å². The second-order valence-electron chi connectivity index (χ2n) is 6.69. The summed E-state index contributed by atoms with van der Waals surface area (Å²) in [5.41, 5.74) is -1.05. The van der Waals surface area contributed by atoms with Crippen molar-refractivity contribution in [1.29, 1.82) is 0 Å². The van der Waals surface area contributed by atoms with Crippen LogP contribution in [0.15, 0.2) is 41.4 Å². The summed E-state index contributed by atoms with van der Waals surface area (Å²) in [4.78, 5) is 13.0. The van der Waals surface area contributed by atoms with Crippen LogP contribution in [0.1, 0.15) is 34.2 Å². The van der Waals surface area contributed by atoms with E-state index in [1.165, 1.54) is 12.1 Å². The fraction of sp³-hybridized carbons (Fsp3) is 0.316. The van der Waals surface area contributed by atoms with Crippen molar-refractivity contribution >= 4 is 27.7 Å². The molecular formula is C19H19F3N4O4S2. The lowest BCUT2D eigenvalue weighted by molar-refractivity contribution is -0.141. The maximum Gasteiger partial charge on any atom is 0.435 e. The van der Waals surface area contributed by atoms with E-state index in [0.29, 0.717) is 6.07 Å². The third-order valence-electron chi connectivity index (χ3n) is 4.39. The van der Waals surface area contributed by atoms with Crippen LogP contribution < -0.4 is 4.18 Å². The molecule has 1 aromatic carbocycles. The first-order valence-electron chi connectivity index (χ1n) is 9.23. The lowest BCUT2D eigenvalue weighted by Gasteiger charge is -2.11. The lowest BCUT2D eigenvalue weighted by Crippen LogP contribution is -2.16. The highest BCUT2D eigenvalue weighted by Crippen LogP contribution is 2.31. The Kier molecular flexibility index (Phi) is 6.69. The van der Waals surface area contributed by atoms with Crippen molar-refractivity contribution < 1.29 is 30.6 Å². The fourth-order valence-corrected chi connectivity index (χ4v) is 4.19. The molecule has 0 amide bonds. The maximum atomic E-state index is 13.1. The van der Waals surface area contributed by atoms with Crippen molar-refractivity contribution in [3.63, 3.8) is 0 Å². The van der Waals surface area contributed by atoms with Gasteiger partial charge in [0.2, 0.25) is 11.7 Å². The van der Waals surface area contributed by atoms with Crippen LogP contribution >= 0.6 is 11.8 Å². The standard InChI is InChI=1S/C19H19F3N4O4S2/c1-4-25-18(30-32(28,29)13-7-5-12(2)6-8-13)14(10-23-25)17(27)15-9-16(19(20,21)22)24-26(15)11-31-3/h5-10H,4,11H2,1-3H3. The molecule has 172 valence electrons. The zero-order chi connectivity index (χ0) is 23.7. The quantitative estimate of drug-likeness (QED) is 0.352. The Bertz CT molecular complexity index is 1230. The molecule has 0 N–H and O–H groups in total. The summed E-state index contributed by atoms with van der Waals surface area (Å²) in [6.07, 6.45) is -2.04. The number of thioether (sulfide) groups is 1. The van der Waals surface area contributed by atoms with Crippen LogP contribution in [0.4, 0.5) is 13.2 Å². The summed E-state index contributed by atoms with van der Waals surface area (Å²) in [6, 6.07) is 6.49. The van der Waals surface area contributed by atoms with Gasteiger partial charge in [0.15, 0.2) is 5.69 Å². The predicted molar refractivity (Wildman–Crippen MR) is 111 cm³/mol. The van der Waals surface area contributed by atoms with Crippen LogP contribution in [0.5, 0.6) is 5.88 Å². The van der Waals surface area contributed by atoms with E-state index in [1.807, 2.05) is 0 Å². The Morgan fingerprint density at radius 2 is 1.84 bits per heavy atom. The molecule has 0 fully saturated rings. The fourth-order valence-electron chi connectivity index (χ4n) is 2.80. The van der Waals surface area contributed by atoms with Crippen molar-refractivity contribution in [2.24, 2.45) is 0 Å². The second-order valence-corrected chi connectivity index (χ2v) is 9.07. The Hall–Kier alpha value is -2.80. The van der Waals surface area contributed by atoms with Crippen LogP contribution in [0.25, 0.3) is 0 Å². The number of rotatable bonds is 8. The van der Waals surface area contributed by atoms with Gasteiger partial charge in [-0.05, 0) is 32.2 Å². The van der Waals surface area contributed by atoms with Crippen molar-refractivity contribution in [1.82, 2.24) is 19.6 Å². The third kappa shape index (κ3) is 4.83. The van der Waals surface area contributed by atoms with E-state index in [-0.39, 0.29) is 34.5 Å². The average Bonchev–Trinajstić information content (AvgIpc) is 3.32. The van der Waals surface area contributed by atoms with Crippen LogP contribution in [0.2, 0.25) is 0 Å². The molecule has 0 saturated carbocycles. The minimum absolute atomic E-state index is 0.0169. The number of halogens is 3. The molecule has 0 radical (unpaired) electrons. The number of alkyl halides is 3. The molecule has 0 spiro atoms. The Balaban J connectivity index is 2.05. The van der Waals surface area contributed by atoms with Crippen LogP contribution in [-0.2, 0) is 28.7 Å². The summed E-state index contributed by atoms with van der Waals surface area (Å²) in [7, 11) is -4.33. The van der Waals surface area contributed by atoms with Gasteiger partial charge in [-0.15, -0.1) is 11.8 Å². The molecule has 0 atom stereocenters. The maximum absolute atomic E-state index is 13.1. The minimum atomic E-state index is -4.75. The molecule has 3 aromatic rings. The van der Waals surface area contributed by atoms with E-state index in [0.717, 1.165) is 32.9 Å². The van der Waals surface area contributed by atoms with E-state index >= 15 is 0 Å². The Morgan fingerprint density at radius 3 is 2.41 bits per heavy atom. The summed E-state index contributed by atoms with van der Waals surface area (Å²) in [5, 5.41) is 7.42. The van der Waals surface area contributed by atoms with Gasteiger partial charge in [0, 0.05) is 12.6 Å². The summed E-state index contributed by atoms with van der Waals surface area (Å²) >= 11 is 1.16. The molecule has 0 aliphatic rings. The number of hydrogen-bond acceptors (Lipinski definition) is 7. The third-order valence-corrected chi connectivity index (χ3v) is 6.12. The molecule has 32 heavy (non-hydrogen) atoms. The van der Waals surface area contributed by atoms with Gasteiger partial charge in [0.05, 0.1) is 12.1 Å². The van der Waals surface area contributed by atoms with Gasteiger partial charge < -0.3 is 4.18 Å². The van der Waals surface area contributed by atoms with Crippen molar-refractivity contribution in [3.05, 3.63) is 59.0 Å². The van der Waals surface area contributed by atoms with Gasteiger partial charge in [-0.3, -0.25) is 9.48 Å². The molecule has 0 bridgehead atoms. The van der Waals surface area contributed by atoms with Crippen molar-refractivity contribution in [2.75, 3.05) is 6.26 Å². The first-order valence-corrected chi connectivity index (χ1v) is 12.0. The van der Waals surface area contributed by atoms with Gasteiger partial charge in [-0.2, -0.15) is 31.8 Å². The van der Waals surface area contributed by atoms with E-state index in [2.05, 4.69) is 10.2 Å². The SMILES string of the molecule is CCn1ncc(C(=O)c2cc(C(F)(F)F)nn2CSC)c1OS(=O)(=O)c1ccc(C)cc1. The van der Waals surface area contributed by atoms with Crippen LogP contribution in [0.3, 0.4) is 0 Å². The number of carbonyl (C=O) groups is 1. The van der Waals surface area contributed by atoms with Crippen molar-refractivity contribution in [2.45, 2.75) is 37.3 Å². The molecule has 0 aliphatic heterocycles. The van der Waals surface area contributed by atoms with E-state index in [9.17, 15) is 26.4 Å². The smallest absolute Gasteiger partial charge is 0.358 e. The first kappa shape index (κ1) is 23.9. The zero-order valence-corrected chi connectivity index (χ0v) is 18.9. The minimum Gasteiger partial charge on any atom is -0.358 e. The topological polar surface area (TPSA) is 96.1 Å². The Morgan fingerprint density at radius 1 is 1.19 bits per heavy atom. The van der Waals surface area contributed by atoms with E-state index in [1.54, 1.807) is 32.2 Å². The number of ketones is 1. The number of nitrogens with zero attached hydrogens (tertiary/aromatic N) is 4. The molecule has 0 aliphatic carbocycles. The molecule has 13 heteroatoms. The van der Waals surface area contributed by atoms with Gasteiger partial charge in [0.1, 0.15) is 16.2 Å². The molecule has 2 heterocycles. The number of aromatic nitrogens is 4. The highest BCUT2D eigenvalue weighted by molar-refractivity contribution is 7.97. The molecule has 0 saturated heterocycles. The largest absolute Gasteiger partial charge is 0.435 e. The number of aryl methyl sites for hydroxylation is 2. The highest BCUT2D eigenvalue weighted by Gasteiger charge is 2.37. The van der Waals surface area contributed by atoms with Crippen molar-refractivity contribution in [3.8, 4) is 5.88 Å². The predicted octanol–water partition coefficient (Wildman–Crippen LogP) is 3.75. The monoisotopic (exact) mass is 488 g/mol. The average molecular weight is 489 g/mol. The van der Waals surface area contributed by atoms with Gasteiger partial charge in [0.25, 0.3) is 0 Å². The summed E-state index contributed by atoms with van der Waals surface area (Å²) in [5.74, 6) is -1.30. The number of benzene rings is 1. The Labute approximate surface area is 186 Å². The summed E-state index contributed by atoms with van der Waals surface area (Å²) < 4.78 is 72.2. The number of carbonyl (C=O) groups excluding carboxylic acids is 1. The van der Waals surface area contributed by atoms with E-state index < -0.39 is 27.8 Å². The second kappa shape index (κ2) is 8.98. The summed E-state index contributed by atoms with van der Waals surface area (Å²) in [6.45, 7) is 3.59. The highest BCUT2D eigenvalue weighted by atomic mass is 32.2. The van der Waals surface area contributed by atoms with Crippen LogP contribution in [0, 0.1) is 6.92 Å². The molecular weight excluding hydrogens is 469 g/mol. The molecule has 3 rings (SSSR count). The van der Waals surface area contributed by atoms with E-state index in [4.69, 9.17) is 4.18 Å². The normalized spacial score (nSPS) is 12.2. The number of hydrogen-bond donors (Lipinski definition) is 0. The zero-order valence-electron chi connectivity index (χ0n) is 17.3. The van der Waals surface area contributed by atoms with Crippen LogP contribution in [-0.4, -0.2) is 40.0 Å². The molecule has 2 aromatic heterocycles. The first-order chi connectivity index (χ1) is 15.0. The van der Waals surface area contributed by atoms with Gasteiger partial charge in [-0.1, -0.05) is 17.7 Å². The molecule has 8 nitrogen and oxygen atoms in total. The lowest BCUT2D eigenvalue weighted by atomic mass is 10.1.